The minimum absolute atomic E-state index is 0.0177. The largest absolute Gasteiger partial charge is 0.408 e. The van der Waals surface area contributed by atoms with Crippen molar-refractivity contribution in [1.29, 1.82) is 0 Å². The molecule has 0 radical (unpaired) electrons. The minimum Gasteiger partial charge on any atom is -0.361 e. The van der Waals surface area contributed by atoms with Gasteiger partial charge >= 0.3 is 5.91 Å². The Morgan fingerprint density at radius 1 is 1.46 bits per heavy atom. The summed E-state index contributed by atoms with van der Waals surface area (Å²) in [5, 5.41) is 1.72. The van der Waals surface area contributed by atoms with Gasteiger partial charge in [0.1, 0.15) is 13.8 Å². The zero-order valence-electron chi connectivity index (χ0n) is 13.7. The standard InChI is InChI=1S/C18H21ClN3O2/c1-21(2)18(24)16-4-3-9-22(16)17(23)8-5-12-11-20-15-7-6-13(19)10-14(12)15/h6-7,10-11,16,20H,1,3-5,8-9H2,2H3/q+1/t16-/m0/s1. The van der Waals surface area contributed by atoms with Gasteiger partial charge in [-0.2, -0.15) is 4.58 Å². The van der Waals surface area contributed by atoms with E-state index in [0.29, 0.717) is 30.8 Å². The predicted molar refractivity (Wildman–Crippen MR) is 94.7 cm³/mol. The molecule has 1 atom stereocenters. The molecule has 2 amide bonds. The number of nitrogens with zero attached hydrogens (tertiary/aromatic N) is 2. The summed E-state index contributed by atoms with van der Waals surface area (Å²) >= 11 is 6.06. The molecule has 0 spiro atoms. The quantitative estimate of drug-likeness (QED) is 0.683. The van der Waals surface area contributed by atoms with E-state index in [4.69, 9.17) is 11.6 Å². The van der Waals surface area contributed by atoms with E-state index in [2.05, 4.69) is 11.7 Å². The Balaban J connectivity index is 1.69. The van der Waals surface area contributed by atoms with Crippen molar-refractivity contribution in [1.82, 2.24) is 9.88 Å². The van der Waals surface area contributed by atoms with Crippen molar-refractivity contribution < 1.29 is 14.2 Å². The van der Waals surface area contributed by atoms with Gasteiger partial charge < -0.3 is 9.88 Å². The number of fused-ring (bicyclic) bond motifs is 1. The third-order valence-corrected chi connectivity index (χ3v) is 4.81. The van der Waals surface area contributed by atoms with Gasteiger partial charge in [-0.15, -0.1) is 0 Å². The van der Waals surface area contributed by atoms with Crippen molar-refractivity contribution in [3.8, 4) is 0 Å². The fraction of sp³-hybridized carbons (Fsp3) is 0.389. The molecular formula is C18H21ClN3O2+. The van der Waals surface area contributed by atoms with E-state index >= 15 is 0 Å². The second-order valence-electron chi connectivity index (χ2n) is 6.29. The van der Waals surface area contributed by atoms with Gasteiger partial charge in [-0.05, 0) is 43.0 Å². The van der Waals surface area contributed by atoms with Crippen LogP contribution in [0.3, 0.4) is 0 Å². The Labute approximate surface area is 145 Å². The number of H-pyrrole nitrogens is 1. The summed E-state index contributed by atoms with van der Waals surface area (Å²) in [5.41, 5.74) is 2.08. The van der Waals surface area contributed by atoms with Crippen LogP contribution in [0.25, 0.3) is 10.9 Å². The van der Waals surface area contributed by atoms with Crippen molar-refractivity contribution >= 4 is 41.0 Å². The lowest BCUT2D eigenvalue weighted by Crippen LogP contribution is -2.43. The monoisotopic (exact) mass is 346 g/mol. The maximum atomic E-state index is 12.6. The fourth-order valence-electron chi connectivity index (χ4n) is 3.32. The Morgan fingerprint density at radius 2 is 2.25 bits per heavy atom. The molecule has 0 unspecified atom stereocenters. The number of likely N-dealkylation sites (tertiary alicyclic amines) is 1. The van der Waals surface area contributed by atoms with Gasteiger partial charge in [0, 0.05) is 35.1 Å². The molecule has 1 aromatic carbocycles. The third-order valence-electron chi connectivity index (χ3n) is 4.57. The summed E-state index contributed by atoms with van der Waals surface area (Å²) in [6.07, 6.45) is 4.50. The summed E-state index contributed by atoms with van der Waals surface area (Å²) in [4.78, 5) is 29.6. The smallest absolute Gasteiger partial charge is 0.361 e. The van der Waals surface area contributed by atoms with Gasteiger partial charge in [-0.3, -0.25) is 4.79 Å². The van der Waals surface area contributed by atoms with E-state index < -0.39 is 0 Å². The van der Waals surface area contributed by atoms with Crippen LogP contribution in [0.5, 0.6) is 0 Å². The lowest BCUT2D eigenvalue weighted by molar-refractivity contribution is -0.413. The number of hydrogen-bond acceptors (Lipinski definition) is 2. The number of benzene rings is 1. The third kappa shape index (κ3) is 3.22. The first-order chi connectivity index (χ1) is 11.5. The van der Waals surface area contributed by atoms with Crippen molar-refractivity contribution in [3.05, 3.63) is 35.0 Å². The maximum Gasteiger partial charge on any atom is 0.408 e. The van der Waals surface area contributed by atoms with E-state index in [1.165, 1.54) is 4.58 Å². The molecule has 1 aliphatic rings. The predicted octanol–water partition coefficient (Wildman–Crippen LogP) is 2.61. The van der Waals surface area contributed by atoms with Crippen LogP contribution >= 0.6 is 11.6 Å². The Morgan fingerprint density at radius 3 is 3.00 bits per heavy atom. The number of aryl methyl sites for hydroxylation is 1. The summed E-state index contributed by atoms with van der Waals surface area (Å²) in [5.74, 6) is -0.0798. The first-order valence-electron chi connectivity index (χ1n) is 8.10. The molecule has 6 heteroatoms. The Bertz CT molecular complexity index is 812. The average Bonchev–Trinajstić information content (AvgIpc) is 3.18. The molecule has 0 aliphatic carbocycles. The van der Waals surface area contributed by atoms with Crippen LogP contribution in [0.1, 0.15) is 24.8 Å². The van der Waals surface area contributed by atoms with Crippen molar-refractivity contribution in [3.63, 3.8) is 0 Å². The van der Waals surface area contributed by atoms with Crippen molar-refractivity contribution in [2.75, 3.05) is 13.6 Å². The van der Waals surface area contributed by atoms with Crippen molar-refractivity contribution in [2.24, 2.45) is 0 Å². The molecular weight excluding hydrogens is 326 g/mol. The van der Waals surface area contributed by atoms with Gasteiger partial charge in [0.2, 0.25) is 5.91 Å². The van der Waals surface area contributed by atoms with Crippen LogP contribution in [0.15, 0.2) is 24.4 Å². The Kier molecular flexibility index (Phi) is 4.71. The van der Waals surface area contributed by atoms with E-state index in [1.54, 1.807) is 11.9 Å². The molecule has 1 saturated heterocycles. The maximum absolute atomic E-state index is 12.6. The number of rotatable bonds is 4. The first-order valence-corrected chi connectivity index (χ1v) is 8.48. The van der Waals surface area contributed by atoms with Crippen LogP contribution in [0, 0.1) is 0 Å². The highest BCUT2D eigenvalue weighted by atomic mass is 35.5. The molecule has 126 valence electrons. The molecule has 2 heterocycles. The number of carbonyl (C=O) groups excluding carboxylic acids is 2. The number of amides is 2. The molecule has 1 aliphatic heterocycles. The van der Waals surface area contributed by atoms with Gasteiger partial charge in [0.05, 0.1) is 0 Å². The second kappa shape index (κ2) is 6.77. The molecule has 2 aromatic rings. The number of carbonyl (C=O) groups is 2. The fourth-order valence-corrected chi connectivity index (χ4v) is 3.49. The highest BCUT2D eigenvalue weighted by Gasteiger charge is 2.38. The van der Waals surface area contributed by atoms with Crippen LogP contribution in [0.2, 0.25) is 5.02 Å². The summed E-state index contributed by atoms with van der Waals surface area (Å²) in [6.45, 7) is 4.28. The van der Waals surface area contributed by atoms with Gasteiger partial charge in [-0.1, -0.05) is 11.6 Å². The zero-order chi connectivity index (χ0) is 17.3. The highest BCUT2D eigenvalue weighted by Crippen LogP contribution is 2.24. The normalized spacial score (nSPS) is 17.4. The number of aromatic nitrogens is 1. The molecule has 1 aromatic heterocycles. The molecule has 5 nitrogen and oxygen atoms in total. The second-order valence-corrected chi connectivity index (χ2v) is 6.72. The topological polar surface area (TPSA) is 56.2 Å². The summed E-state index contributed by atoms with van der Waals surface area (Å²) in [6, 6.07) is 5.32. The number of hydrogen-bond donors (Lipinski definition) is 1. The SMILES string of the molecule is C=[N+](C)C(=O)[C@@H]1CCCN1C(=O)CCc1c[nH]c2ccc(Cl)cc12. The van der Waals surface area contributed by atoms with E-state index in [1.807, 2.05) is 24.4 Å². The molecule has 1 N–H and O–H groups in total. The lowest BCUT2D eigenvalue weighted by Gasteiger charge is -2.21. The Hall–Kier alpha value is -2.14. The average molecular weight is 347 g/mol. The van der Waals surface area contributed by atoms with Gasteiger partial charge in [0.25, 0.3) is 0 Å². The van der Waals surface area contributed by atoms with E-state index in [-0.39, 0.29) is 17.9 Å². The minimum atomic E-state index is -0.364. The number of aromatic amines is 1. The van der Waals surface area contributed by atoms with E-state index in [9.17, 15) is 9.59 Å². The summed E-state index contributed by atoms with van der Waals surface area (Å²) < 4.78 is 1.32. The number of nitrogens with one attached hydrogen (secondary N) is 1. The van der Waals surface area contributed by atoms with Crippen LogP contribution in [-0.4, -0.2) is 52.6 Å². The van der Waals surface area contributed by atoms with Gasteiger partial charge in [0.15, 0.2) is 6.04 Å². The summed E-state index contributed by atoms with van der Waals surface area (Å²) in [7, 11) is 1.62. The van der Waals surface area contributed by atoms with Gasteiger partial charge in [-0.25, -0.2) is 4.79 Å². The highest BCUT2D eigenvalue weighted by molar-refractivity contribution is 6.31. The molecule has 0 saturated carbocycles. The number of halogens is 1. The van der Waals surface area contributed by atoms with Crippen LogP contribution in [0.4, 0.5) is 0 Å². The molecule has 3 rings (SSSR count). The molecule has 0 bridgehead atoms. The van der Waals surface area contributed by atoms with Crippen LogP contribution in [-0.2, 0) is 16.0 Å². The first kappa shape index (κ1) is 16.7. The van der Waals surface area contributed by atoms with Crippen molar-refractivity contribution in [2.45, 2.75) is 31.7 Å². The van der Waals surface area contributed by atoms with E-state index in [0.717, 1.165) is 22.9 Å². The molecule has 1 fully saturated rings. The number of likely N-dealkylation sites (N-methyl/N-ethyl adjacent to an activating group) is 1. The molecule has 24 heavy (non-hydrogen) atoms. The zero-order valence-corrected chi connectivity index (χ0v) is 14.5. The lowest BCUT2D eigenvalue weighted by atomic mass is 10.1. The van der Waals surface area contributed by atoms with Crippen LogP contribution < -0.4 is 0 Å².